The summed E-state index contributed by atoms with van der Waals surface area (Å²) in [5.74, 6) is 0.125. The monoisotopic (exact) mass is 1280 g/mol. The maximum absolute atomic E-state index is 13.0. The molecule has 0 aliphatic heterocycles. The molecule has 0 bridgehead atoms. The van der Waals surface area contributed by atoms with Gasteiger partial charge in [0.05, 0.1) is 26.4 Å². The molecule has 0 heterocycles. The number of aliphatic hydroxyl groups excluding tert-OH is 1. The fraction of sp³-hybridized carbons (Fsp3) is 0.941. The number of phosphoric ester groups is 2. The second-order valence-corrected chi connectivity index (χ2v) is 28.7. The largest absolute Gasteiger partial charge is 0.472 e. The SMILES string of the molecule is CCCCCCCCCCC(=O)OC[C@H](COP(=O)(O)OC[C@H](O)COP(=O)(O)OC[C@@H](COC(=O)CCCCCCCCCCCC(C)C)OC(=O)CCCCCCCCCCCCCCCCC(C)C)OC(=O)CCCCCCCCC(C)CC. The van der Waals surface area contributed by atoms with Crippen molar-refractivity contribution in [3.8, 4) is 0 Å². The smallest absolute Gasteiger partial charge is 0.462 e. The number of rotatable bonds is 66. The fourth-order valence-corrected chi connectivity index (χ4v) is 11.7. The Morgan fingerprint density at radius 3 is 0.874 bits per heavy atom. The summed E-state index contributed by atoms with van der Waals surface area (Å²) in [6.45, 7) is 11.8. The van der Waals surface area contributed by atoms with Gasteiger partial charge < -0.3 is 33.8 Å². The van der Waals surface area contributed by atoms with Gasteiger partial charge in [-0.25, -0.2) is 9.13 Å². The third-order valence-electron chi connectivity index (χ3n) is 16.0. The first-order valence-electron chi connectivity index (χ1n) is 35.4. The Morgan fingerprint density at radius 2 is 0.586 bits per heavy atom. The van der Waals surface area contributed by atoms with E-state index in [0.717, 1.165) is 114 Å². The highest BCUT2D eigenvalue weighted by Crippen LogP contribution is 2.45. The second kappa shape index (κ2) is 59.1. The van der Waals surface area contributed by atoms with E-state index in [0.29, 0.717) is 25.7 Å². The van der Waals surface area contributed by atoms with E-state index in [1.54, 1.807) is 0 Å². The lowest BCUT2D eigenvalue weighted by molar-refractivity contribution is -0.161. The van der Waals surface area contributed by atoms with Crippen LogP contribution in [0.15, 0.2) is 0 Å². The van der Waals surface area contributed by atoms with E-state index in [4.69, 9.17) is 37.0 Å². The second-order valence-electron chi connectivity index (χ2n) is 25.8. The Morgan fingerprint density at radius 1 is 0.333 bits per heavy atom. The number of phosphoric acid groups is 2. The molecule has 0 aliphatic carbocycles. The predicted octanol–water partition coefficient (Wildman–Crippen LogP) is 19.1. The van der Waals surface area contributed by atoms with Gasteiger partial charge in [-0.3, -0.25) is 37.3 Å². The van der Waals surface area contributed by atoms with Gasteiger partial charge in [0.15, 0.2) is 12.2 Å². The number of unbranched alkanes of at least 4 members (excludes halogenated alkanes) is 33. The van der Waals surface area contributed by atoms with E-state index < -0.39 is 97.5 Å². The van der Waals surface area contributed by atoms with Gasteiger partial charge in [0, 0.05) is 25.7 Å². The van der Waals surface area contributed by atoms with Crippen LogP contribution in [0.2, 0.25) is 0 Å². The summed E-state index contributed by atoms with van der Waals surface area (Å²) >= 11 is 0. The molecule has 19 heteroatoms. The molecule has 0 saturated carbocycles. The third kappa shape index (κ3) is 61.3. The predicted molar refractivity (Wildman–Crippen MR) is 349 cm³/mol. The summed E-state index contributed by atoms with van der Waals surface area (Å²) < 4.78 is 68.1. The van der Waals surface area contributed by atoms with Crippen molar-refractivity contribution in [1.29, 1.82) is 0 Å². The number of aliphatic hydroxyl groups is 1. The normalized spacial score (nSPS) is 14.6. The molecule has 0 amide bonds. The van der Waals surface area contributed by atoms with Crippen molar-refractivity contribution < 1.29 is 80.2 Å². The minimum Gasteiger partial charge on any atom is -0.462 e. The Hall–Kier alpha value is -1.94. The molecule has 87 heavy (non-hydrogen) atoms. The first-order chi connectivity index (χ1) is 41.8. The van der Waals surface area contributed by atoms with Crippen LogP contribution in [-0.4, -0.2) is 96.7 Å². The number of esters is 4. The standard InChI is InChI=1S/C68H132O17P2/c1-8-10-11-12-13-27-35-42-49-65(70)78-56-64(85-68(73)52-45-38-31-30-34-41-48-61(7)9-2)58-83-87(76,77)81-54-62(69)53-80-86(74,75)82-57-63(55-79-66(71)50-43-36-28-24-20-22-26-33-40-47-60(5)6)84-67(72)51-44-37-29-23-19-17-15-14-16-18-21-25-32-39-46-59(3)4/h59-64,69H,8-58H2,1-7H3,(H,74,75)(H,76,77)/t61?,62-,63-,64-/m1/s1. The van der Waals surface area contributed by atoms with E-state index >= 15 is 0 Å². The van der Waals surface area contributed by atoms with Crippen LogP contribution in [0.1, 0.15) is 337 Å². The van der Waals surface area contributed by atoms with E-state index in [1.807, 2.05) is 0 Å². The summed E-state index contributed by atoms with van der Waals surface area (Å²) in [4.78, 5) is 72.3. The lowest BCUT2D eigenvalue weighted by Gasteiger charge is -2.21. The molecular weight excluding hydrogens is 1150 g/mol. The van der Waals surface area contributed by atoms with E-state index in [2.05, 4.69) is 48.5 Å². The highest BCUT2D eigenvalue weighted by molar-refractivity contribution is 7.47. The van der Waals surface area contributed by atoms with Gasteiger partial charge in [0.25, 0.3) is 0 Å². The van der Waals surface area contributed by atoms with Gasteiger partial charge in [-0.1, -0.05) is 286 Å². The van der Waals surface area contributed by atoms with Gasteiger partial charge in [0.1, 0.15) is 19.3 Å². The maximum Gasteiger partial charge on any atom is 0.472 e. The van der Waals surface area contributed by atoms with Crippen molar-refractivity contribution >= 4 is 39.5 Å². The summed E-state index contributed by atoms with van der Waals surface area (Å²) in [6.07, 6.45) is 41.8. The molecule has 0 radical (unpaired) electrons. The number of hydrogen-bond acceptors (Lipinski definition) is 15. The van der Waals surface area contributed by atoms with Gasteiger partial charge in [-0.2, -0.15) is 0 Å². The number of hydrogen-bond donors (Lipinski definition) is 3. The van der Waals surface area contributed by atoms with Crippen molar-refractivity contribution in [2.45, 2.75) is 356 Å². The first kappa shape index (κ1) is 85.1. The molecule has 3 N–H and O–H groups in total. The fourth-order valence-electron chi connectivity index (χ4n) is 10.2. The Kier molecular flexibility index (Phi) is 57.8. The van der Waals surface area contributed by atoms with Crippen LogP contribution >= 0.6 is 15.6 Å². The molecule has 0 saturated heterocycles. The van der Waals surface area contributed by atoms with Crippen LogP contribution in [0.25, 0.3) is 0 Å². The van der Waals surface area contributed by atoms with Crippen LogP contribution in [0.3, 0.4) is 0 Å². The van der Waals surface area contributed by atoms with Crippen LogP contribution < -0.4 is 0 Å². The molecule has 0 rings (SSSR count). The lowest BCUT2D eigenvalue weighted by Crippen LogP contribution is -2.30. The van der Waals surface area contributed by atoms with Crippen molar-refractivity contribution in [3.63, 3.8) is 0 Å². The Labute approximate surface area is 530 Å². The maximum atomic E-state index is 13.0. The van der Waals surface area contributed by atoms with Gasteiger partial charge in [0.2, 0.25) is 0 Å². The van der Waals surface area contributed by atoms with Crippen molar-refractivity contribution in [2.24, 2.45) is 17.8 Å². The van der Waals surface area contributed by atoms with Gasteiger partial charge in [-0.05, 0) is 43.4 Å². The Balaban J connectivity index is 5.22. The molecule has 0 aromatic heterocycles. The highest BCUT2D eigenvalue weighted by Gasteiger charge is 2.30. The zero-order valence-electron chi connectivity index (χ0n) is 56.5. The van der Waals surface area contributed by atoms with Crippen molar-refractivity contribution in [3.05, 3.63) is 0 Å². The summed E-state index contributed by atoms with van der Waals surface area (Å²) in [5.41, 5.74) is 0. The van der Waals surface area contributed by atoms with Crippen molar-refractivity contribution in [2.75, 3.05) is 39.6 Å². The van der Waals surface area contributed by atoms with Crippen LogP contribution in [-0.2, 0) is 65.4 Å². The summed E-state index contributed by atoms with van der Waals surface area (Å²) in [5, 5.41) is 10.6. The molecule has 0 aliphatic rings. The first-order valence-corrected chi connectivity index (χ1v) is 38.4. The molecule has 17 nitrogen and oxygen atoms in total. The highest BCUT2D eigenvalue weighted by atomic mass is 31.2. The number of ether oxygens (including phenoxy) is 4. The van der Waals surface area contributed by atoms with Gasteiger partial charge in [-0.15, -0.1) is 0 Å². The Bertz CT molecular complexity index is 1720. The number of carbonyl (C=O) groups excluding carboxylic acids is 4. The molecule has 0 spiro atoms. The minimum atomic E-state index is -4.95. The van der Waals surface area contributed by atoms with Gasteiger partial charge >= 0.3 is 39.5 Å². The zero-order chi connectivity index (χ0) is 64.5. The van der Waals surface area contributed by atoms with Crippen LogP contribution in [0, 0.1) is 17.8 Å². The molecule has 6 atom stereocenters. The summed E-state index contributed by atoms with van der Waals surface area (Å²) in [6, 6.07) is 0. The molecular formula is C68H132O17P2. The third-order valence-corrected chi connectivity index (χ3v) is 17.9. The molecule has 516 valence electrons. The lowest BCUT2D eigenvalue weighted by atomic mass is 10.00. The minimum absolute atomic E-state index is 0.102. The molecule has 0 fully saturated rings. The quantitative estimate of drug-likeness (QED) is 0.0222. The summed E-state index contributed by atoms with van der Waals surface area (Å²) in [7, 11) is -9.89. The molecule has 3 unspecified atom stereocenters. The van der Waals surface area contributed by atoms with E-state index in [1.165, 1.54) is 141 Å². The zero-order valence-corrected chi connectivity index (χ0v) is 58.3. The molecule has 0 aromatic rings. The number of carbonyl (C=O) groups is 4. The topological polar surface area (TPSA) is 237 Å². The van der Waals surface area contributed by atoms with Crippen LogP contribution in [0.4, 0.5) is 0 Å². The van der Waals surface area contributed by atoms with Crippen LogP contribution in [0.5, 0.6) is 0 Å². The van der Waals surface area contributed by atoms with Crippen molar-refractivity contribution in [1.82, 2.24) is 0 Å². The van der Waals surface area contributed by atoms with E-state index in [9.17, 15) is 43.2 Å². The van der Waals surface area contributed by atoms with E-state index in [-0.39, 0.29) is 25.7 Å². The average molecular weight is 1280 g/mol. The molecule has 0 aromatic carbocycles. The average Bonchev–Trinajstić information content (AvgIpc) is 3.63.